The third kappa shape index (κ3) is 3.09. The summed E-state index contributed by atoms with van der Waals surface area (Å²) in [5, 5.41) is 13.0. The van der Waals surface area contributed by atoms with Crippen molar-refractivity contribution in [3.8, 4) is 0 Å². The average molecular weight is 247 g/mol. The number of carboxylic acid groups (broad SMARTS) is 1. The highest BCUT2D eigenvalue weighted by atomic mass is 16.4. The largest absolute Gasteiger partial charge is 0.481 e. The topological polar surface area (TPSA) is 91.1 Å². The number of benzene rings is 1. The molecule has 1 atom stereocenters. The molecule has 96 valence electrons. The first-order chi connectivity index (χ1) is 8.66. The summed E-state index contributed by atoms with van der Waals surface area (Å²) >= 11 is 0. The third-order valence-corrected chi connectivity index (χ3v) is 2.83. The molecule has 0 radical (unpaired) electrons. The van der Waals surface area contributed by atoms with Crippen molar-refractivity contribution in [1.29, 1.82) is 0 Å². The molecule has 1 unspecified atom stereocenters. The summed E-state index contributed by atoms with van der Waals surface area (Å²) < 4.78 is 0. The normalized spacial score (nSPS) is 12.7. The van der Waals surface area contributed by atoms with Gasteiger partial charge in [-0.25, -0.2) is 0 Å². The van der Waals surface area contributed by atoms with Crippen molar-refractivity contribution >= 4 is 16.9 Å². The molecule has 1 aromatic heterocycles. The lowest BCUT2D eigenvalue weighted by molar-refractivity contribution is -0.137. The van der Waals surface area contributed by atoms with Crippen LogP contribution in [0, 0.1) is 0 Å². The Morgan fingerprint density at radius 2 is 2.22 bits per heavy atom. The first kappa shape index (κ1) is 12.6. The summed E-state index contributed by atoms with van der Waals surface area (Å²) in [7, 11) is 0. The molecule has 18 heavy (non-hydrogen) atoms. The van der Waals surface area contributed by atoms with E-state index in [0.717, 1.165) is 11.1 Å². The molecule has 0 spiro atoms. The van der Waals surface area contributed by atoms with Gasteiger partial charge in [0.1, 0.15) is 0 Å². The maximum atomic E-state index is 10.5. The average Bonchev–Trinajstić information content (AvgIpc) is 2.72. The lowest BCUT2D eigenvalue weighted by Gasteiger charge is -2.09. The number of carbonyl (C=O) groups is 1. The van der Waals surface area contributed by atoms with Crippen molar-refractivity contribution in [2.75, 3.05) is 6.54 Å². The Labute approximate surface area is 105 Å². The van der Waals surface area contributed by atoms with E-state index < -0.39 is 5.97 Å². The Balaban J connectivity index is 1.89. The lowest BCUT2D eigenvalue weighted by Crippen LogP contribution is -2.35. The number of rotatable bonds is 6. The lowest BCUT2D eigenvalue weighted by atomic mass is 10.1. The maximum Gasteiger partial charge on any atom is 0.304 e. The standard InChI is InChI=1S/C13H17N3O2/c14-10(5-13(17)18)8-15-6-9-7-16-12-4-2-1-3-11(9)12/h1-4,7,10,15-16H,5-6,8,14H2,(H,17,18). The van der Waals surface area contributed by atoms with E-state index in [4.69, 9.17) is 10.8 Å². The second kappa shape index (κ2) is 5.66. The minimum atomic E-state index is -0.864. The molecule has 0 amide bonds. The van der Waals surface area contributed by atoms with E-state index in [1.807, 2.05) is 24.4 Å². The molecular weight excluding hydrogens is 230 g/mol. The second-order valence-electron chi connectivity index (χ2n) is 4.35. The van der Waals surface area contributed by atoms with Crippen LogP contribution in [0.2, 0.25) is 0 Å². The second-order valence-corrected chi connectivity index (χ2v) is 4.35. The summed E-state index contributed by atoms with van der Waals surface area (Å²) in [4.78, 5) is 13.7. The zero-order chi connectivity index (χ0) is 13.0. The first-order valence-corrected chi connectivity index (χ1v) is 5.90. The van der Waals surface area contributed by atoms with Crippen molar-refractivity contribution in [2.45, 2.75) is 19.0 Å². The van der Waals surface area contributed by atoms with Crippen LogP contribution in [0.1, 0.15) is 12.0 Å². The van der Waals surface area contributed by atoms with Gasteiger partial charge in [0.2, 0.25) is 0 Å². The quantitative estimate of drug-likeness (QED) is 0.614. The van der Waals surface area contributed by atoms with Crippen molar-refractivity contribution < 1.29 is 9.90 Å². The molecule has 5 N–H and O–H groups in total. The van der Waals surface area contributed by atoms with E-state index in [9.17, 15) is 4.79 Å². The van der Waals surface area contributed by atoms with Crippen LogP contribution in [0.4, 0.5) is 0 Å². The van der Waals surface area contributed by atoms with Crippen LogP contribution in [0.25, 0.3) is 10.9 Å². The van der Waals surface area contributed by atoms with E-state index in [1.54, 1.807) is 0 Å². The fourth-order valence-electron chi connectivity index (χ4n) is 1.97. The smallest absolute Gasteiger partial charge is 0.304 e. The number of hydrogen-bond acceptors (Lipinski definition) is 3. The van der Waals surface area contributed by atoms with Gasteiger partial charge in [-0.05, 0) is 11.6 Å². The monoisotopic (exact) mass is 247 g/mol. The number of para-hydroxylation sites is 1. The Morgan fingerprint density at radius 3 is 3.00 bits per heavy atom. The fraction of sp³-hybridized carbons (Fsp3) is 0.308. The van der Waals surface area contributed by atoms with Crippen LogP contribution in [0.3, 0.4) is 0 Å². The Kier molecular flexibility index (Phi) is 3.96. The molecule has 1 heterocycles. The van der Waals surface area contributed by atoms with E-state index in [-0.39, 0.29) is 12.5 Å². The van der Waals surface area contributed by atoms with E-state index in [2.05, 4.69) is 16.4 Å². The van der Waals surface area contributed by atoms with Gasteiger partial charge in [-0.3, -0.25) is 4.79 Å². The van der Waals surface area contributed by atoms with Crippen LogP contribution in [0.15, 0.2) is 30.5 Å². The predicted octanol–water partition coefficient (Wildman–Crippen LogP) is 1.06. The van der Waals surface area contributed by atoms with Gasteiger partial charge in [0.25, 0.3) is 0 Å². The highest BCUT2D eigenvalue weighted by Crippen LogP contribution is 2.17. The molecule has 0 aliphatic carbocycles. The summed E-state index contributed by atoms with van der Waals surface area (Å²) in [6, 6.07) is 7.71. The zero-order valence-corrected chi connectivity index (χ0v) is 10.0. The molecule has 0 aliphatic rings. The fourth-order valence-corrected chi connectivity index (χ4v) is 1.97. The highest BCUT2D eigenvalue weighted by Gasteiger charge is 2.08. The van der Waals surface area contributed by atoms with Crippen molar-refractivity contribution in [1.82, 2.24) is 10.3 Å². The number of nitrogens with one attached hydrogen (secondary N) is 2. The van der Waals surface area contributed by atoms with E-state index in [1.165, 1.54) is 5.39 Å². The van der Waals surface area contributed by atoms with Gasteiger partial charge in [-0.15, -0.1) is 0 Å². The molecule has 5 nitrogen and oxygen atoms in total. The Morgan fingerprint density at radius 1 is 1.44 bits per heavy atom. The Hall–Kier alpha value is -1.85. The molecular formula is C13H17N3O2. The minimum absolute atomic E-state index is 0.0130. The van der Waals surface area contributed by atoms with Gasteiger partial charge < -0.3 is 21.1 Å². The summed E-state index contributed by atoms with van der Waals surface area (Å²) in [6.07, 6.45) is 1.95. The van der Waals surface area contributed by atoms with Gasteiger partial charge in [-0.2, -0.15) is 0 Å². The SMILES string of the molecule is NC(CNCc1c[nH]c2ccccc12)CC(=O)O. The maximum absolute atomic E-state index is 10.5. The van der Waals surface area contributed by atoms with Crippen molar-refractivity contribution in [2.24, 2.45) is 5.73 Å². The summed E-state index contributed by atoms with van der Waals surface area (Å²) in [5.41, 5.74) is 7.94. The molecule has 2 rings (SSSR count). The molecule has 0 bridgehead atoms. The number of H-pyrrole nitrogens is 1. The number of aromatic amines is 1. The summed E-state index contributed by atoms with van der Waals surface area (Å²) in [6.45, 7) is 1.17. The van der Waals surface area contributed by atoms with Gasteiger partial charge >= 0.3 is 5.97 Å². The molecule has 0 saturated heterocycles. The van der Waals surface area contributed by atoms with Crippen LogP contribution >= 0.6 is 0 Å². The molecule has 0 aliphatic heterocycles. The van der Waals surface area contributed by atoms with Crippen LogP contribution in [-0.2, 0) is 11.3 Å². The minimum Gasteiger partial charge on any atom is -0.481 e. The van der Waals surface area contributed by atoms with Crippen molar-refractivity contribution in [3.63, 3.8) is 0 Å². The van der Waals surface area contributed by atoms with Crippen LogP contribution in [0.5, 0.6) is 0 Å². The molecule has 0 saturated carbocycles. The first-order valence-electron chi connectivity index (χ1n) is 5.90. The van der Waals surface area contributed by atoms with E-state index in [0.29, 0.717) is 13.1 Å². The highest BCUT2D eigenvalue weighted by molar-refractivity contribution is 5.82. The summed E-state index contributed by atoms with van der Waals surface area (Å²) in [5.74, 6) is -0.864. The number of hydrogen-bond donors (Lipinski definition) is 4. The third-order valence-electron chi connectivity index (χ3n) is 2.83. The molecule has 5 heteroatoms. The molecule has 2 aromatic rings. The number of aliphatic carboxylic acids is 1. The number of aromatic nitrogens is 1. The van der Waals surface area contributed by atoms with Gasteiger partial charge in [0, 0.05) is 36.2 Å². The van der Waals surface area contributed by atoms with E-state index >= 15 is 0 Å². The van der Waals surface area contributed by atoms with Crippen LogP contribution in [-0.4, -0.2) is 28.6 Å². The number of carboxylic acids is 1. The molecule has 1 aromatic carbocycles. The number of nitrogens with two attached hydrogens (primary N) is 1. The van der Waals surface area contributed by atoms with Crippen LogP contribution < -0.4 is 11.1 Å². The van der Waals surface area contributed by atoms with Crippen molar-refractivity contribution in [3.05, 3.63) is 36.0 Å². The molecule has 0 fully saturated rings. The van der Waals surface area contributed by atoms with Gasteiger partial charge in [0.15, 0.2) is 0 Å². The Bertz CT molecular complexity index is 536. The predicted molar refractivity (Wildman–Crippen MR) is 70.2 cm³/mol. The van der Waals surface area contributed by atoms with Gasteiger partial charge in [0.05, 0.1) is 6.42 Å². The van der Waals surface area contributed by atoms with Gasteiger partial charge in [-0.1, -0.05) is 18.2 Å². The zero-order valence-electron chi connectivity index (χ0n) is 10.0. The number of fused-ring (bicyclic) bond motifs is 1.